The highest BCUT2D eigenvalue weighted by atomic mass is 16.5. The van der Waals surface area contributed by atoms with Crippen LogP contribution in [-0.2, 0) is 9.53 Å². The van der Waals surface area contributed by atoms with Crippen LogP contribution in [0.1, 0.15) is 23.2 Å². The van der Waals surface area contributed by atoms with Gasteiger partial charge in [0.1, 0.15) is 0 Å². The molecule has 0 spiro atoms. The molecule has 1 aromatic rings. The molecule has 0 aromatic heterocycles. The molecule has 2 aliphatic heterocycles. The van der Waals surface area contributed by atoms with Gasteiger partial charge in [0.25, 0.3) is 0 Å². The number of Topliss-reactive ketones (excluding diaryl/α,β-unsaturated/α-hetero) is 1. The summed E-state index contributed by atoms with van der Waals surface area (Å²) in [6, 6.07) is 9.64. The number of morpholine rings is 1. The summed E-state index contributed by atoms with van der Waals surface area (Å²) >= 11 is 0. The molecule has 5 nitrogen and oxygen atoms in total. The van der Waals surface area contributed by atoms with Crippen molar-refractivity contribution < 1.29 is 14.3 Å². The quantitative estimate of drug-likeness (QED) is 0.767. The molecular weight excluding hydrogens is 280 g/mol. The number of carbonyl (C=O) groups excluding carboxylic acids is 2. The van der Waals surface area contributed by atoms with Crippen LogP contribution in [0.5, 0.6) is 0 Å². The first-order chi connectivity index (χ1) is 10.7. The SMILES string of the molecule is O=C(CCC(=O)N1CC(N2CCOCC2)C1)c1ccccc1. The molecule has 2 heterocycles. The number of amides is 1. The van der Waals surface area contributed by atoms with Crippen LogP contribution >= 0.6 is 0 Å². The Hall–Kier alpha value is -1.72. The molecule has 1 aromatic carbocycles. The molecular formula is C17H22N2O3. The zero-order chi connectivity index (χ0) is 15.4. The molecule has 3 rings (SSSR count). The Balaban J connectivity index is 1.39. The Morgan fingerprint density at radius 2 is 1.73 bits per heavy atom. The van der Waals surface area contributed by atoms with Crippen LogP contribution in [0.2, 0.25) is 0 Å². The predicted molar refractivity (Wildman–Crippen MR) is 82.8 cm³/mol. The number of ether oxygens (including phenoxy) is 1. The molecule has 0 saturated carbocycles. The van der Waals surface area contributed by atoms with Crippen LogP contribution in [0.15, 0.2) is 30.3 Å². The minimum absolute atomic E-state index is 0.0409. The zero-order valence-electron chi connectivity index (χ0n) is 12.7. The van der Waals surface area contributed by atoms with Crippen molar-refractivity contribution in [2.24, 2.45) is 0 Å². The first-order valence-corrected chi connectivity index (χ1v) is 7.92. The topological polar surface area (TPSA) is 49.9 Å². The Kier molecular flexibility index (Phi) is 4.85. The average Bonchev–Trinajstić information content (AvgIpc) is 2.53. The molecule has 118 valence electrons. The highest BCUT2D eigenvalue weighted by molar-refractivity contribution is 5.97. The van der Waals surface area contributed by atoms with E-state index in [4.69, 9.17) is 4.74 Å². The Morgan fingerprint density at radius 3 is 2.41 bits per heavy atom. The number of carbonyl (C=O) groups is 2. The van der Waals surface area contributed by atoms with Crippen molar-refractivity contribution >= 4 is 11.7 Å². The largest absolute Gasteiger partial charge is 0.379 e. The Labute approximate surface area is 130 Å². The van der Waals surface area contributed by atoms with E-state index < -0.39 is 0 Å². The number of rotatable bonds is 5. The third-order valence-electron chi connectivity index (χ3n) is 4.44. The van der Waals surface area contributed by atoms with Crippen LogP contribution in [0.4, 0.5) is 0 Å². The number of ketones is 1. The van der Waals surface area contributed by atoms with E-state index in [0.717, 1.165) is 39.4 Å². The van der Waals surface area contributed by atoms with E-state index in [0.29, 0.717) is 24.4 Å². The molecule has 0 atom stereocenters. The maximum atomic E-state index is 12.1. The monoisotopic (exact) mass is 302 g/mol. The summed E-state index contributed by atoms with van der Waals surface area (Å²) in [5.41, 5.74) is 0.685. The Morgan fingerprint density at radius 1 is 1.05 bits per heavy atom. The normalized spacial score (nSPS) is 19.7. The second-order valence-corrected chi connectivity index (χ2v) is 5.89. The van der Waals surface area contributed by atoms with E-state index in [1.165, 1.54) is 0 Å². The van der Waals surface area contributed by atoms with Crippen molar-refractivity contribution in [2.75, 3.05) is 39.4 Å². The van der Waals surface area contributed by atoms with E-state index in [9.17, 15) is 9.59 Å². The minimum Gasteiger partial charge on any atom is -0.379 e. The molecule has 0 N–H and O–H groups in total. The van der Waals surface area contributed by atoms with E-state index in [1.807, 2.05) is 23.1 Å². The molecule has 22 heavy (non-hydrogen) atoms. The lowest BCUT2D eigenvalue weighted by atomic mass is 10.0. The van der Waals surface area contributed by atoms with Crippen LogP contribution in [0, 0.1) is 0 Å². The first-order valence-electron chi connectivity index (χ1n) is 7.92. The van der Waals surface area contributed by atoms with E-state index in [-0.39, 0.29) is 11.7 Å². The number of likely N-dealkylation sites (tertiary alicyclic amines) is 1. The summed E-state index contributed by atoms with van der Waals surface area (Å²) in [6.07, 6.45) is 0.602. The molecule has 0 unspecified atom stereocenters. The van der Waals surface area contributed by atoms with Gasteiger partial charge < -0.3 is 9.64 Å². The van der Waals surface area contributed by atoms with Gasteiger partial charge in [-0.1, -0.05) is 30.3 Å². The minimum atomic E-state index is 0.0409. The van der Waals surface area contributed by atoms with Crippen LogP contribution in [0.3, 0.4) is 0 Å². The van der Waals surface area contributed by atoms with Gasteiger partial charge in [-0.05, 0) is 0 Å². The molecule has 2 fully saturated rings. The molecule has 5 heteroatoms. The third kappa shape index (κ3) is 3.54. The second kappa shape index (κ2) is 7.03. The molecule has 1 amide bonds. The summed E-state index contributed by atoms with van der Waals surface area (Å²) in [7, 11) is 0. The predicted octanol–water partition coefficient (Wildman–Crippen LogP) is 1.19. The fourth-order valence-electron chi connectivity index (χ4n) is 2.98. The third-order valence-corrected chi connectivity index (χ3v) is 4.44. The molecule has 0 aliphatic carbocycles. The lowest BCUT2D eigenvalue weighted by Crippen LogP contribution is -2.62. The smallest absolute Gasteiger partial charge is 0.223 e. The lowest BCUT2D eigenvalue weighted by molar-refractivity contribution is -0.140. The van der Waals surface area contributed by atoms with E-state index in [1.54, 1.807) is 12.1 Å². The van der Waals surface area contributed by atoms with Crippen molar-refractivity contribution in [3.8, 4) is 0 Å². The van der Waals surface area contributed by atoms with Gasteiger partial charge in [0, 0.05) is 50.6 Å². The van der Waals surface area contributed by atoms with Crippen molar-refractivity contribution in [2.45, 2.75) is 18.9 Å². The van der Waals surface area contributed by atoms with Crippen LogP contribution in [0.25, 0.3) is 0 Å². The number of nitrogens with zero attached hydrogens (tertiary/aromatic N) is 2. The van der Waals surface area contributed by atoms with Gasteiger partial charge in [0.15, 0.2) is 5.78 Å². The van der Waals surface area contributed by atoms with Gasteiger partial charge >= 0.3 is 0 Å². The summed E-state index contributed by atoms with van der Waals surface area (Å²) in [4.78, 5) is 28.4. The number of benzene rings is 1. The number of hydrogen-bond acceptors (Lipinski definition) is 4. The van der Waals surface area contributed by atoms with Crippen molar-refractivity contribution in [1.29, 1.82) is 0 Å². The van der Waals surface area contributed by atoms with Crippen LogP contribution in [-0.4, -0.2) is 66.9 Å². The second-order valence-electron chi connectivity index (χ2n) is 5.89. The fraction of sp³-hybridized carbons (Fsp3) is 0.529. The van der Waals surface area contributed by atoms with Gasteiger partial charge in [-0.15, -0.1) is 0 Å². The number of hydrogen-bond donors (Lipinski definition) is 0. The lowest BCUT2D eigenvalue weighted by Gasteiger charge is -2.46. The highest BCUT2D eigenvalue weighted by Gasteiger charge is 2.35. The highest BCUT2D eigenvalue weighted by Crippen LogP contribution is 2.18. The summed E-state index contributed by atoms with van der Waals surface area (Å²) in [5, 5.41) is 0. The maximum absolute atomic E-state index is 12.1. The van der Waals surface area contributed by atoms with Gasteiger partial charge in [-0.25, -0.2) is 0 Å². The van der Waals surface area contributed by atoms with E-state index in [2.05, 4.69) is 4.90 Å². The zero-order valence-corrected chi connectivity index (χ0v) is 12.7. The van der Waals surface area contributed by atoms with Crippen LogP contribution < -0.4 is 0 Å². The first kappa shape index (κ1) is 15.2. The molecule has 0 bridgehead atoms. The van der Waals surface area contributed by atoms with Gasteiger partial charge in [0.05, 0.1) is 13.2 Å². The van der Waals surface area contributed by atoms with Gasteiger partial charge in [0.2, 0.25) is 5.91 Å². The average molecular weight is 302 g/mol. The molecule has 0 radical (unpaired) electrons. The van der Waals surface area contributed by atoms with Gasteiger partial charge in [-0.3, -0.25) is 14.5 Å². The Bertz CT molecular complexity index is 520. The maximum Gasteiger partial charge on any atom is 0.223 e. The molecule has 2 saturated heterocycles. The fourth-order valence-corrected chi connectivity index (χ4v) is 2.98. The van der Waals surface area contributed by atoms with Crippen molar-refractivity contribution in [3.05, 3.63) is 35.9 Å². The van der Waals surface area contributed by atoms with Gasteiger partial charge in [-0.2, -0.15) is 0 Å². The standard InChI is InChI=1S/C17H22N2O3/c20-16(14-4-2-1-3-5-14)6-7-17(21)19-12-15(13-19)18-8-10-22-11-9-18/h1-5,15H,6-13H2. The van der Waals surface area contributed by atoms with Crippen molar-refractivity contribution in [3.63, 3.8) is 0 Å². The summed E-state index contributed by atoms with van der Waals surface area (Å²) in [5.74, 6) is 0.132. The summed E-state index contributed by atoms with van der Waals surface area (Å²) in [6.45, 7) is 5.07. The van der Waals surface area contributed by atoms with Crippen molar-refractivity contribution in [1.82, 2.24) is 9.80 Å². The van der Waals surface area contributed by atoms with E-state index >= 15 is 0 Å². The summed E-state index contributed by atoms with van der Waals surface area (Å²) < 4.78 is 5.34. The molecule has 2 aliphatic rings.